The van der Waals surface area contributed by atoms with Gasteiger partial charge in [0.2, 0.25) is 0 Å². The van der Waals surface area contributed by atoms with Crippen molar-refractivity contribution in [3.63, 3.8) is 0 Å². The highest BCUT2D eigenvalue weighted by atomic mass is 32.2. The van der Waals surface area contributed by atoms with E-state index in [4.69, 9.17) is 0 Å². The van der Waals surface area contributed by atoms with Crippen LogP contribution in [0.3, 0.4) is 0 Å². The molecule has 20 heavy (non-hydrogen) atoms. The second kappa shape index (κ2) is 9.86. The fourth-order valence-corrected chi connectivity index (χ4v) is 2.34. The molecule has 0 bridgehead atoms. The van der Waals surface area contributed by atoms with Crippen molar-refractivity contribution < 1.29 is 0 Å². The molecule has 0 saturated heterocycles. The Balaban J connectivity index is 2.50. The van der Waals surface area contributed by atoms with E-state index in [1.807, 2.05) is 17.8 Å². The first-order valence-electron chi connectivity index (χ1n) is 7.53. The first-order valence-corrected chi connectivity index (χ1v) is 8.92. The topological polar surface area (TPSA) is 49.8 Å². The number of nitrogens with zero attached hydrogens (tertiary/aromatic N) is 2. The maximum atomic E-state index is 4.58. The molecule has 114 valence electrons. The Bertz CT molecular complexity index is 382. The molecule has 0 aliphatic rings. The van der Waals surface area contributed by atoms with E-state index in [0.717, 1.165) is 30.5 Å². The maximum Gasteiger partial charge on any atom is 0.135 e. The van der Waals surface area contributed by atoms with Crippen molar-refractivity contribution in [1.29, 1.82) is 0 Å². The largest absolute Gasteiger partial charge is 0.370 e. The van der Waals surface area contributed by atoms with Gasteiger partial charge in [-0.2, -0.15) is 11.8 Å². The Hall–Kier alpha value is -0.970. The van der Waals surface area contributed by atoms with E-state index in [1.165, 1.54) is 25.0 Å². The van der Waals surface area contributed by atoms with Crippen LogP contribution in [0.4, 0.5) is 11.6 Å². The molecular formula is C15H28N4S. The van der Waals surface area contributed by atoms with Crippen LogP contribution >= 0.6 is 11.8 Å². The molecule has 1 heterocycles. The van der Waals surface area contributed by atoms with Crippen molar-refractivity contribution in [1.82, 2.24) is 9.97 Å². The van der Waals surface area contributed by atoms with Crippen molar-refractivity contribution in [3.05, 3.63) is 11.9 Å². The third kappa shape index (κ3) is 6.46. The molecule has 0 aromatic carbocycles. The molecule has 0 fully saturated rings. The standard InChI is InChI=1S/C15H28N4S/c1-5-16-13-11-14(19-15(18-13)12(2)3)17-9-7-6-8-10-20-4/h11-12H,5-10H2,1-4H3,(H2,16,17,18,19). The minimum atomic E-state index is 0.343. The molecular weight excluding hydrogens is 268 g/mol. The molecule has 0 atom stereocenters. The summed E-state index contributed by atoms with van der Waals surface area (Å²) in [6.07, 6.45) is 5.93. The summed E-state index contributed by atoms with van der Waals surface area (Å²) in [5.74, 6) is 4.35. The Kier molecular flexibility index (Phi) is 8.42. The first kappa shape index (κ1) is 17.1. The predicted molar refractivity (Wildman–Crippen MR) is 91.0 cm³/mol. The monoisotopic (exact) mass is 296 g/mol. The Morgan fingerprint density at radius 1 is 1.10 bits per heavy atom. The third-order valence-corrected chi connectivity index (χ3v) is 3.65. The van der Waals surface area contributed by atoms with Gasteiger partial charge in [0.05, 0.1) is 0 Å². The first-order chi connectivity index (χ1) is 9.67. The summed E-state index contributed by atoms with van der Waals surface area (Å²) < 4.78 is 0. The van der Waals surface area contributed by atoms with Gasteiger partial charge in [0, 0.05) is 25.1 Å². The van der Waals surface area contributed by atoms with Crippen molar-refractivity contribution in [2.75, 3.05) is 35.7 Å². The van der Waals surface area contributed by atoms with Crippen LogP contribution in [0.5, 0.6) is 0 Å². The third-order valence-electron chi connectivity index (χ3n) is 2.95. The minimum absolute atomic E-state index is 0.343. The number of aromatic nitrogens is 2. The Morgan fingerprint density at radius 3 is 2.40 bits per heavy atom. The van der Waals surface area contributed by atoms with Crippen molar-refractivity contribution in [2.24, 2.45) is 0 Å². The van der Waals surface area contributed by atoms with E-state index in [2.05, 4.69) is 47.6 Å². The highest BCUT2D eigenvalue weighted by Crippen LogP contribution is 2.17. The van der Waals surface area contributed by atoms with E-state index >= 15 is 0 Å². The number of hydrogen-bond donors (Lipinski definition) is 2. The van der Waals surface area contributed by atoms with E-state index < -0.39 is 0 Å². The molecule has 1 aromatic rings. The molecule has 4 nitrogen and oxygen atoms in total. The van der Waals surface area contributed by atoms with Gasteiger partial charge < -0.3 is 10.6 Å². The lowest BCUT2D eigenvalue weighted by molar-refractivity contribution is 0.742. The molecule has 1 aromatic heterocycles. The average molecular weight is 296 g/mol. The number of nitrogens with one attached hydrogen (secondary N) is 2. The van der Waals surface area contributed by atoms with Crippen molar-refractivity contribution in [3.8, 4) is 0 Å². The van der Waals surface area contributed by atoms with Crippen molar-refractivity contribution in [2.45, 2.75) is 46.0 Å². The number of thioether (sulfide) groups is 1. The fraction of sp³-hybridized carbons (Fsp3) is 0.733. The zero-order valence-corrected chi connectivity index (χ0v) is 14.0. The average Bonchev–Trinajstić information content (AvgIpc) is 2.43. The van der Waals surface area contributed by atoms with Gasteiger partial charge in [-0.1, -0.05) is 20.3 Å². The van der Waals surface area contributed by atoms with Crippen LogP contribution in [0.25, 0.3) is 0 Å². The summed E-state index contributed by atoms with van der Waals surface area (Å²) in [5.41, 5.74) is 0. The molecule has 2 N–H and O–H groups in total. The normalized spacial score (nSPS) is 10.8. The molecule has 0 amide bonds. The number of hydrogen-bond acceptors (Lipinski definition) is 5. The lowest BCUT2D eigenvalue weighted by Gasteiger charge is -2.12. The molecule has 0 unspecified atom stereocenters. The Labute approximate surface area is 127 Å². The maximum absolute atomic E-state index is 4.58. The molecule has 0 radical (unpaired) electrons. The van der Waals surface area contributed by atoms with E-state index in [1.54, 1.807) is 0 Å². The highest BCUT2D eigenvalue weighted by molar-refractivity contribution is 7.98. The highest BCUT2D eigenvalue weighted by Gasteiger charge is 2.07. The molecule has 0 saturated carbocycles. The smallest absolute Gasteiger partial charge is 0.135 e. The lowest BCUT2D eigenvalue weighted by atomic mass is 10.2. The summed E-state index contributed by atoms with van der Waals surface area (Å²) in [6, 6.07) is 2.00. The van der Waals surface area contributed by atoms with Gasteiger partial charge in [-0.05, 0) is 31.8 Å². The zero-order chi connectivity index (χ0) is 14.8. The van der Waals surface area contributed by atoms with E-state index in [-0.39, 0.29) is 0 Å². The summed E-state index contributed by atoms with van der Waals surface area (Å²) >= 11 is 1.92. The minimum Gasteiger partial charge on any atom is -0.370 e. The van der Waals surface area contributed by atoms with Gasteiger partial charge in [0.1, 0.15) is 17.5 Å². The van der Waals surface area contributed by atoms with Gasteiger partial charge in [-0.3, -0.25) is 0 Å². The van der Waals surface area contributed by atoms with Crippen molar-refractivity contribution >= 4 is 23.4 Å². The molecule has 1 rings (SSSR count). The summed E-state index contributed by atoms with van der Waals surface area (Å²) in [6.45, 7) is 8.18. The van der Waals surface area contributed by atoms with Crippen LogP contribution in [-0.4, -0.2) is 35.1 Å². The summed E-state index contributed by atoms with van der Waals surface area (Å²) in [7, 11) is 0. The van der Waals surface area contributed by atoms with Crippen LogP contribution in [0, 0.1) is 0 Å². The summed E-state index contributed by atoms with van der Waals surface area (Å²) in [4.78, 5) is 9.11. The fourth-order valence-electron chi connectivity index (χ4n) is 1.85. The zero-order valence-electron chi connectivity index (χ0n) is 13.2. The molecule has 0 aliphatic heterocycles. The second-order valence-electron chi connectivity index (χ2n) is 5.16. The van der Waals surface area contributed by atoms with Gasteiger partial charge in [0.25, 0.3) is 0 Å². The van der Waals surface area contributed by atoms with Crippen LogP contribution < -0.4 is 10.6 Å². The predicted octanol–water partition coefficient (Wildman–Crippen LogP) is 3.98. The van der Waals surface area contributed by atoms with Crippen LogP contribution in [0.2, 0.25) is 0 Å². The van der Waals surface area contributed by atoms with E-state index in [0.29, 0.717) is 5.92 Å². The van der Waals surface area contributed by atoms with Gasteiger partial charge >= 0.3 is 0 Å². The van der Waals surface area contributed by atoms with Crippen LogP contribution in [-0.2, 0) is 0 Å². The lowest BCUT2D eigenvalue weighted by Crippen LogP contribution is -2.10. The quantitative estimate of drug-likeness (QED) is 0.640. The van der Waals surface area contributed by atoms with Gasteiger partial charge in [-0.15, -0.1) is 0 Å². The van der Waals surface area contributed by atoms with Gasteiger partial charge in [-0.25, -0.2) is 9.97 Å². The van der Waals surface area contributed by atoms with Gasteiger partial charge in [0.15, 0.2) is 0 Å². The molecule has 0 spiro atoms. The molecule has 5 heteroatoms. The molecule has 0 aliphatic carbocycles. The Morgan fingerprint density at radius 2 is 1.80 bits per heavy atom. The number of anilines is 2. The SMILES string of the molecule is CCNc1cc(NCCCCCSC)nc(C(C)C)n1. The second-order valence-corrected chi connectivity index (χ2v) is 6.15. The summed E-state index contributed by atoms with van der Waals surface area (Å²) in [5, 5.41) is 6.69. The number of unbranched alkanes of at least 4 members (excludes halogenated alkanes) is 2. The van der Waals surface area contributed by atoms with Crippen LogP contribution in [0.15, 0.2) is 6.07 Å². The van der Waals surface area contributed by atoms with E-state index in [9.17, 15) is 0 Å². The number of rotatable bonds is 10. The van der Waals surface area contributed by atoms with Crippen LogP contribution in [0.1, 0.15) is 51.8 Å².